The second kappa shape index (κ2) is 6.08. The Morgan fingerprint density at radius 1 is 1.50 bits per heavy atom. The van der Waals surface area contributed by atoms with Gasteiger partial charge in [0.2, 0.25) is 5.91 Å². The summed E-state index contributed by atoms with van der Waals surface area (Å²) in [5, 5.41) is 9.11. The van der Waals surface area contributed by atoms with Crippen molar-refractivity contribution in [1.29, 1.82) is 0 Å². The van der Waals surface area contributed by atoms with Gasteiger partial charge in [0.25, 0.3) is 5.91 Å². The Balaban J connectivity index is 1.97. The zero-order valence-electron chi connectivity index (χ0n) is 11.5. The van der Waals surface area contributed by atoms with Crippen LogP contribution in [0.25, 0.3) is 0 Å². The van der Waals surface area contributed by atoms with E-state index in [2.05, 4.69) is 20.9 Å². The summed E-state index contributed by atoms with van der Waals surface area (Å²) in [6.07, 6.45) is 2.24. The highest BCUT2D eigenvalue weighted by Gasteiger charge is 2.25. The minimum atomic E-state index is -0.608. The summed E-state index contributed by atoms with van der Waals surface area (Å²) in [5.74, 6) is -0.401. The van der Waals surface area contributed by atoms with E-state index in [4.69, 9.17) is 5.73 Å². The number of thiazole rings is 1. The Kier molecular flexibility index (Phi) is 4.43. The maximum absolute atomic E-state index is 12.1. The molecule has 0 aromatic carbocycles. The van der Waals surface area contributed by atoms with Crippen molar-refractivity contribution in [3.63, 3.8) is 0 Å². The molecule has 1 aromatic heterocycles. The topological polar surface area (TPSA) is 109 Å². The second-order valence-corrected chi connectivity index (χ2v) is 5.74. The highest BCUT2D eigenvalue weighted by molar-refractivity contribution is 7.18. The fourth-order valence-corrected chi connectivity index (χ4v) is 2.48. The molecule has 1 aromatic rings. The molecule has 1 unspecified atom stereocenters. The number of carbonyl (C=O) groups excluding carboxylic acids is 2. The predicted molar refractivity (Wildman–Crippen MR) is 78.8 cm³/mol. The third-order valence-corrected chi connectivity index (χ3v) is 3.86. The molecule has 8 heteroatoms. The van der Waals surface area contributed by atoms with Crippen LogP contribution in [0.5, 0.6) is 0 Å². The van der Waals surface area contributed by atoms with Crippen LogP contribution in [0.1, 0.15) is 36.4 Å². The van der Waals surface area contributed by atoms with Gasteiger partial charge in [0, 0.05) is 12.6 Å². The summed E-state index contributed by atoms with van der Waals surface area (Å²) in [4.78, 5) is 28.1. The zero-order valence-corrected chi connectivity index (χ0v) is 12.3. The average Bonchev–Trinajstić information content (AvgIpc) is 3.11. The minimum absolute atomic E-state index is 0.193. The van der Waals surface area contributed by atoms with Gasteiger partial charge in [-0.3, -0.25) is 9.59 Å². The van der Waals surface area contributed by atoms with Crippen molar-refractivity contribution in [2.45, 2.75) is 38.8 Å². The summed E-state index contributed by atoms with van der Waals surface area (Å²) in [7, 11) is 0. The quantitative estimate of drug-likeness (QED) is 0.613. The van der Waals surface area contributed by atoms with E-state index in [9.17, 15) is 9.59 Å². The van der Waals surface area contributed by atoms with Crippen molar-refractivity contribution in [2.24, 2.45) is 0 Å². The number of nitrogen functional groups attached to an aromatic ring is 1. The van der Waals surface area contributed by atoms with E-state index in [1.54, 1.807) is 6.92 Å². The molecule has 0 radical (unpaired) electrons. The minimum Gasteiger partial charge on any atom is -0.382 e. The maximum atomic E-state index is 12.1. The van der Waals surface area contributed by atoms with Gasteiger partial charge in [-0.2, -0.15) is 0 Å². The van der Waals surface area contributed by atoms with Crippen molar-refractivity contribution in [3.05, 3.63) is 4.88 Å². The van der Waals surface area contributed by atoms with Gasteiger partial charge in [-0.05, 0) is 26.7 Å². The van der Waals surface area contributed by atoms with Crippen molar-refractivity contribution in [3.8, 4) is 0 Å². The van der Waals surface area contributed by atoms with Gasteiger partial charge in [-0.15, -0.1) is 0 Å². The molecule has 0 bridgehead atoms. The van der Waals surface area contributed by atoms with E-state index >= 15 is 0 Å². The lowest BCUT2D eigenvalue weighted by atomic mass is 10.3. The van der Waals surface area contributed by atoms with Gasteiger partial charge in [0.15, 0.2) is 5.13 Å². The van der Waals surface area contributed by atoms with Crippen molar-refractivity contribution < 1.29 is 9.59 Å². The fraction of sp³-hybridized carbons (Fsp3) is 0.583. The summed E-state index contributed by atoms with van der Waals surface area (Å²) < 4.78 is 0. The summed E-state index contributed by atoms with van der Waals surface area (Å²) in [5.41, 5.74) is 5.75. The highest BCUT2D eigenvalue weighted by Crippen LogP contribution is 2.30. The first kappa shape index (κ1) is 14.6. The number of likely N-dealkylation sites (N-methyl/N-ethyl adjacent to an activating group) is 1. The Labute approximate surface area is 121 Å². The number of amides is 2. The first-order chi connectivity index (χ1) is 9.51. The smallest absolute Gasteiger partial charge is 0.265 e. The second-order valence-electron chi connectivity index (χ2n) is 4.74. The number of nitrogens with one attached hydrogen (secondary N) is 3. The monoisotopic (exact) mass is 297 g/mol. The molecule has 7 nitrogen and oxygen atoms in total. The number of nitrogens with zero attached hydrogens (tertiary/aromatic N) is 1. The van der Waals surface area contributed by atoms with E-state index in [1.807, 2.05) is 6.92 Å². The number of rotatable bonds is 6. The van der Waals surface area contributed by atoms with Gasteiger partial charge in [-0.1, -0.05) is 11.3 Å². The summed E-state index contributed by atoms with van der Waals surface area (Å²) in [6, 6.07) is -0.158. The van der Waals surface area contributed by atoms with E-state index in [-0.39, 0.29) is 17.6 Å². The fourth-order valence-electron chi connectivity index (χ4n) is 1.61. The molecule has 20 heavy (non-hydrogen) atoms. The molecule has 110 valence electrons. The van der Waals surface area contributed by atoms with Gasteiger partial charge in [-0.25, -0.2) is 4.98 Å². The van der Waals surface area contributed by atoms with Crippen molar-refractivity contribution >= 4 is 34.1 Å². The lowest BCUT2D eigenvalue weighted by Crippen LogP contribution is -2.44. The molecule has 2 amide bonds. The lowest BCUT2D eigenvalue weighted by molar-refractivity contribution is -0.122. The first-order valence-electron chi connectivity index (χ1n) is 6.62. The van der Waals surface area contributed by atoms with Crippen molar-refractivity contribution in [2.75, 3.05) is 17.6 Å². The van der Waals surface area contributed by atoms with Gasteiger partial charge in [0.1, 0.15) is 16.7 Å². The van der Waals surface area contributed by atoms with E-state index in [1.165, 1.54) is 11.3 Å². The van der Waals surface area contributed by atoms with Crippen LogP contribution >= 0.6 is 11.3 Å². The molecule has 1 aliphatic rings. The standard InChI is InChI=1S/C12H19N5O2S/c1-3-14-10(18)6(2)15-11(19)8-9(13)17-12(20-8)16-7-4-5-7/h6-7H,3-5,13H2,1-2H3,(H,14,18)(H,15,19)(H,16,17). The lowest BCUT2D eigenvalue weighted by Gasteiger charge is -2.12. The van der Waals surface area contributed by atoms with Crippen LogP contribution in [0.3, 0.4) is 0 Å². The molecule has 1 fully saturated rings. The van der Waals surface area contributed by atoms with Crippen molar-refractivity contribution in [1.82, 2.24) is 15.6 Å². The number of carbonyl (C=O) groups is 2. The third kappa shape index (κ3) is 3.60. The Bertz CT molecular complexity index is 512. The summed E-state index contributed by atoms with van der Waals surface area (Å²) in [6.45, 7) is 3.98. The predicted octanol–water partition coefficient (Wildman–Crippen LogP) is 0.554. The number of aromatic nitrogens is 1. The van der Waals surface area contributed by atoms with Crippen LogP contribution in [0.2, 0.25) is 0 Å². The maximum Gasteiger partial charge on any atom is 0.265 e. The molecule has 1 saturated carbocycles. The third-order valence-electron chi connectivity index (χ3n) is 2.86. The molecule has 2 rings (SSSR count). The highest BCUT2D eigenvalue weighted by atomic mass is 32.1. The van der Waals surface area contributed by atoms with Gasteiger partial charge < -0.3 is 21.7 Å². The van der Waals surface area contributed by atoms with Crippen LogP contribution in [-0.4, -0.2) is 35.4 Å². The molecule has 1 atom stereocenters. The largest absolute Gasteiger partial charge is 0.382 e. The normalized spacial score (nSPS) is 15.5. The van der Waals surface area contributed by atoms with E-state index < -0.39 is 6.04 Å². The number of anilines is 2. The molecule has 1 aliphatic carbocycles. The molecule has 5 N–H and O–H groups in total. The van der Waals surface area contributed by atoms with E-state index in [0.717, 1.165) is 12.8 Å². The van der Waals surface area contributed by atoms with Gasteiger partial charge >= 0.3 is 0 Å². The van der Waals surface area contributed by atoms with Crippen LogP contribution in [0.4, 0.5) is 10.9 Å². The number of hydrogen-bond acceptors (Lipinski definition) is 6. The first-order valence-corrected chi connectivity index (χ1v) is 7.44. The van der Waals surface area contributed by atoms with Crippen LogP contribution < -0.4 is 21.7 Å². The molecular weight excluding hydrogens is 278 g/mol. The Morgan fingerprint density at radius 3 is 2.80 bits per heavy atom. The number of hydrogen-bond donors (Lipinski definition) is 4. The average molecular weight is 297 g/mol. The number of nitrogens with two attached hydrogens (primary N) is 1. The SMILES string of the molecule is CCNC(=O)C(C)NC(=O)c1sc(NC2CC2)nc1N. The van der Waals surface area contributed by atoms with Crippen LogP contribution in [0, 0.1) is 0 Å². The Morgan fingerprint density at radius 2 is 2.20 bits per heavy atom. The van der Waals surface area contributed by atoms with Gasteiger partial charge in [0.05, 0.1) is 0 Å². The molecule has 1 heterocycles. The van der Waals surface area contributed by atoms with Crippen LogP contribution in [-0.2, 0) is 4.79 Å². The zero-order chi connectivity index (χ0) is 14.7. The molecular formula is C12H19N5O2S. The molecule has 0 saturated heterocycles. The summed E-state index contributed by atoms with van der Waals surface area (Å²) >= 11 is 1.21. The molecule has 0 spiro atoms. The Hall–Kier alpha value is -1.83. The van der Waals surface area contributed by atoms with Crippen LogP contribution in [0.15, 0.2) is 0 Å². The molecule has 0 aliphatic heterocycles. The van der Waals surface area contributed by atoms with E-state index in [0.29, 0.717) is 22.6 Å².